The summed E-state index contributed by atoms with van der Waals surface area (Å²) in [5.74, 6) is 0.199. The molecule has 3 nitrogen and oxygen atoms in total. The third-order valence-corrected chi connectivity index (χ3v) is 4.20. The first-order valence-electron chi connectivity index (χ1n) is 5.64. The van der Waals surface area contributed by atoms with Crippen molar-refractivity contribution in [1.29, 1.82) is 0 Å². The molecule has 0 N–H and O–H groups in total. The fraction of sp³-hybridized carbons (Fsp3) is 0.500. The van der Waals surface area contributed by atoms with Crippen LogP contribution in [0.25, 0.3) is 0 Å². The first-order chi connectivity index (χ1) is 8.06. The van der Waals surface area contributed by atoms with Crippen LogP contribution in [-0.4, -0.2) is 9.75 Å². The van der Waals surface area contributed by atoms with Crippen molar-refractivity contribution in [2.24, 2.45) is 5.92 Å². The average molecular weight is 302 g/mol. The summed E-state index contributed by atoms with van der Waals surface area (Å²) in [7, 11) is 0. The van der Waals surface area contributed by atoms with Crippen molar-refractivity contribution in [2.75, 3.05) is 0 Å². The van der Waals surface area contributed by atoms with Gasteiger partial charge in [-0.15, -0.1) is 0 Å². The van der Waals surface area contributed by atoms with E-state index >= 15 is 0 Å². The maximum Gasteiger partial charge on any atom is 0.272 e. The van der Waals surface area contributed by atoms with Crippen molar-refractivity contribution in [1.82, 2.24) is 0 Å². The van der Waals surface area contributed by atoms with E-state index in [1.165, 1.54) is 25.0 Å². The minimum absolute atomic E-state index is 0.169. The summed E-state index contributed by atoms with van der Waals surface area (Å²) in [4.78, 5) is 10.5. The van der Waals surface area contributed by atoms with Gasteiger partial charge in [-0.05, 0) is 43.2 Å². The largest absolute Gasteiger partial charge is 0.272 e. The van der Waals surface area contributed by atoms with Gasteiger partial charge in [-0.1, -0.05) is 15.9 Å². The molecule has 1 saturated carbocycles. The quantitative estimate of drug-likeness (QED) is 0.471. The zero-order valence-corrected chi connectivity index (χ0v) is 10.8. The number of nitro groups is 1. The lowest BCUT2D eigenvalue weighted by molar-refractivity contribution is -0.385. The van der Waals surface area contributed by atoms with Crippen molar-refractivity contribution in [3.05, 3.63) is 39.7 Å². The molecule has 92 valence electrons. The second kappa shape index (κ2) is 5.12. The van der Waals surface area contributed by atoms with E-state index in [1.54, 1.807) is 0 Å². The Balaban J connectivity index is 2.01. The van der Waals surface area contributed by atoms with Crippen LogP contribution >= 0.6 is 15.9 Å². The predicted molar refractivity (Wildman–Crippen MR) is 66.8 cm³/mol. The van der Waals surface area contributed by atoms with E-state index in [4.69, 9.17) is 0 Å². The highest BCUT2D eigenvalue weighted by Crippen LogP contribution is 2.38. The summed E-state index contributed by atoms with van der Waals surface area (Å²) in [6, 6.07) is 3.78. The van der Waals surface area contributed by atoms with Crippen molar-refractivity contribution in [3.8, 4) is 0 Å². The summed E-state index contributed by atoms with van der Waals surface area (Å²) in [6.45, 7) is 0. The number of nitro benzene ring substituents is 1. The molecule has 0 aliphatic heterocycles. The minimum Gasteiger partial charge on any atom is -0.258 e. The Labute approximate surface area is 107 Å². The minimum atomic E-state index is -0.556. The van der Waals surface area contributed by atoms with E-state index in [0.29, 0.717) is 16.8 Å². The molecule has 1 aromatic carbocycles. The molecule has 1 fully saturated rings. The molecule has 1 aromatic rings. The van der Waals surface area contributed by atoms with Gasteiger partial charge >= 0.3 is 0 Å². The first kappa shape index (κ1) is 12.5. The number of non-ortho nitro benzene ring substituents is 1. The average Bonchev–Trinajstić information content (AvgIpc) is 3.08. The van der Waals surface area contributed by atoms with Crippen molar-refractivity contribution >= 4 is 21.6 Å². The van der Waals surface area contributed by atoms with Crippen LogP contribution in [0.1, 0.15) is 24.8 Å². The van der Waals surface area contributed by atoms with E-state index < -0.39 is 10.7 Å². The van der Waals surface area contributed by atoms with Gasteiger partial charge in [0.05, 0.1) is 11.0 Å². The number of benzene rings is 1. The molecule has 1 atom stereocenters. The molecule has 0 spiro atoms. The molecular formula is C12H13BrFNO2. The highest BCUT2D eigenvalue weighted by molar-refractivity contribution is 9.09. The van der Waals surface area contributed by atoms with Gasteiger partial charge in [-0.3, -0.25) is 10.1 Å². The van der Waals surface area contributed by atoms with Gasteiger partial charge in [0.2, 0.25) is 0 Å². The van der Waals surface area contributed by atoms with Crippen molar-refractivity contribution in [2.45, 2.75) is 30.5 Å². The Morgan fingerprint density at radius 3 is 2.76 bits per heavy atom. The Morgan fingerprint density at radius 2 is 2.18 bits per heavy atom. The van der Waals surface area contributed by atoms with Gasteiger partial charge in [-0.25, -0.2) is 4.39 Å². The molecule has 5 heteroatoms. The summed E-state index contributed by atoms with van der Waals surface area (Å²) in [5, 5.41) is 10.6. The number of rotatable bonds is 5. The third-order valence-electron chi connectivity index (χ3n) is 3.00. The number of aryl methyl sites for hydroxylation is 1. The van der Waals surface area contributed by atoms with Crippen LogP contribution in [0.2, 0.25) is 0 Å². The number of alkyl halides is 1. The van der Waals surface area contributed by atoms with Gasteiger partial charge < -0.3 is 0 Å². The molecule has 0 radical (unpaired) electrons. The standard InChI is InChI=1S/C12H13BrFNO2/c13-12(9-2-3-9)4-1-8-5-10(14)7-11(6-8)15(16)17/h5-7,9,12H,1-4H2. The lowest BCUT2D eigenvalue weighted by Gasteiger charge is -2.07. The number of hydrogen-bond donors (Lipinski definition) is 0. The zero-order valence-electron chi connectivity index (χ0n) is 9.23. The molecular weight excluding hydrogens is 289 g/mol. The summed E-state index contributed by atoms with van der Waals surface area (Å²) in [5.41, 5.74) is 0.527. The summed E-state index contributed by atoms with van der Waals surface area (Å²) < 4.78 is 13.2. The molecule has 0 amide bonds. The monoisotopic (exact) mass is 301 g/mol. The van der Waals surface area contributed by atoms with E-state index in [0.717, 1.165) is 18.4 Å². The Bertz CT molecular complexity index is 435. The van der Waals surface area contributed by atoms with Crippen LogP contribution in [0.15, 0.2) is 18.2 Å². The molecule has 2 rings (SSSR count). The Hall–Kier alpha value is -0.970. The van der Waals surface area contributed by atoms with Gasteiger partial charge in [0.15, 0.2) is 0 Å². The van der Waals surface area contributed by atoms with Crippen LogP contribution in [0.4, 0.5) is 10.1 Å². The molecule has 17 heavy (non-hydrogen) atoms. The SMILES string of the molecule is O=[N+]([O-])c1cc(F)cc(CCC(Br)C2CC2)c1. The normalized spacial score (nSPS) is 16.8. The Morgan fingerprint density at radius 1 is 1.47 bits per heavy atom. The highest BCUT2D eigenvalue weighted by Gasteiger charge is 2.28. The third kappa shape index (κ3) is 3.49. The van der Waals surface area contributed by atoms with Gasteiger partial charge in [0, 0.05) is 10.9 Å². The Kier molecular flexibility index (Phi) is 3.76. The number of halogens is 2. The van der Waals surface area contributed by atoms with Crippen molar-refractivity contribution < 1.29 is 9.31 Å². The van der Waals surface area contributed by atoms with Gasteiger partial charge in [-0.2, -0.15) is 0 Å². The fourth-order valence-electron chi connectivity index (χ4n) is 1.88. The molecule has 0 bridgehead atoms. The molecule has 1 unspecified atom stereocenters. The topological polar surface area (TPSA) is 43.1 Å². The van der Waals surface area contributed by atoms with E-state index in [-0.39, 0.29) is 5.69 Å². The summed E-state index contributed by atoms with van der Waals surface area (Å²) in [6.07, 6.45) is 4.06. The maximum absolute atomic E-state index is 13.2. The van der Waals surface area contributed by atoms with Crippen LogP contribution < -0.4 is 0 Å². The van der Waals surface area contributed by atoms with E-state index in [1.807, 2.05) is 0 Å². The predicted octanol–water partition coefficient (Wildman–Crippen LogP) is 3.84. The van der Waals surface area contributed by atoms with Crippen LogP contribution in [0.5, 0.6) is 0 Å². The van der Waals surface area contributed by atoms with Gasteiger partial charge in [0.25, 0.3) is 5.69 Å². The highest BCUT2D eigenvalue weighted by atomic mass is 79.9. The van der Waals surface area contributed by atoms with Gasteiger partial charge in [0.1, 0.15) is 5.82 Å². The second-order valence-corrected chi connectivity index (χ2v) is 5.64. The maximum atomic E-state index is 13.2. The fourth-order valence-corrected chi connectivity index (χ4v) is 2.64. The lowest BCUT2D eigenvalue weighted by Crippen LogP contribution is -2.03. The van der Waals surface area contributed by atoms with Crippen LogP contribution in [-0.2, 0) is 6.42 Å². The smallest absolute Gasteiger partial charge is 0.258 e. The summed E-state index contributed by atoms with van der Waals surface area (Å²) >= 11 is 3.60. The van der Waals surface area contributed by atoms with E-state index in [2.05, 4.69) is 15.9 Å². The van der Waals surface area contributed by atoms with E-state index in [9.17, 15) is 14.5 Å². The molecule has 0 saturated heterocycles. The van der Waals surface area contributed by atoms with Crippen LogP contribution in [0.3, 0.4) is 0 Å². The lowest BCUT2D eigenvalue weighted by atomic mass is 10.1. The second-order valence-electron chi connectivity index (χ2n) is 4.47. The number of nitrogens with zero attached hydrogens (tertiary/aromatic N) is 1. The first-order valence-corrected chi connectivity index (χ1v) is 6.56. The van der Waals surface area contributed by atoms with Crippen LogP contribution in [0, 0.1) is 21.8 Å². The molecule has 1 aliphatic carbocycles. The molecule has 0 aromatic heterocycles. The number of hydrogen-bond acceptors (Lipinski definition) is 2. The zero-order chi connectivity index (χ0) is 12.4. The molecule has 1 aliphatic rings. The molecule has 0 heterocycles. The van der Waals surface area contributed by atoms with Crippen molar-refractivity contribution in [3.63, 3.8) is 0 Å².